The molecule has 3 bridgehead atoms. The summed E-state index contributed by atoms with van der Waals surface area (Å²) in [6.45, 7) is 12.3. The number of fused-ring (bicyclic) bond motifs is 3. The maximum Gasteiger partial charge on any atom is 0.307 e. The number of hydrogen-bond acceptors (Lipinski definition) is 10. The van der Waals surface area contributed by atoms with Gasteiger partial charge < -0.3 is 39.0 Å². The smallest absolute Gasteiger partial charge is 0.307 e. The molecule has 10 heteroatoms. The SMILES string of the molecule is C=C(C)[C@@]12O[C@@]3(/C=C/C=C/CCCCCCCCC)O[C@@H]1[C@@H]1[C@@H]4O[C@]4(CO)[C@@H](O)[C@]4(O)C(=O)C(C)=C[C@H]4[C@@]1(O3)[C@H](C)[C@H]2OC(C)=O. The predicted molar refractivity (Wildman–Crippen MR) is 167 cm³/mol. The molecule has 3 N–H and O–H groups in total. The average molecular weight is 643 g/mol. The third kappa shape index (κ3) is 4.47. The van der Waals surface area contributed by atoms with Crippen LogP contribution in [0.3, 0.4) is 0 Å². The van der Waals surface area contributed by atoms with E-state index in [4.69, 9.17) is 23.7 Å². The maximum absolute atomic E-state index is 13.7. The summed E-state index contributed by atoms with van der Waals surface area (Å²) in [4.78, 5) is 26.3. The van der Waals surface area contributed by atoms with E-state index in [1.165, 1.54) is 45.4 Å². The van der Waals surface area contributed by atoms with Gasteiger partial charge in [-0.1, -0.05) is 83.3 Å². The molecule has 0 aromatic heterocycles. The molecule has 6 aliphatic rings. The van der Waals surface area contributed by atoms with Crippen molar-refractivity contribution in [3.63, 3.8) is 0 Å². The van der Waals surface area contributed by atoms with Gasteiger partial charge in [-0.15, -0.1) is 0 Å². The van der Waals surface area contributed by atoms with Crippen LogP contribution in [0.2, 0.25) is 0 Å². The van der Waals surface area contributed by atoms with Gasteiger partial charge in [-0.05, 0) is 37.8 Å². The number of Topliss-reactive ketones (excluding diaryl/α,β-unsaturated/α-hetero) is 1. The summed E-state index contributed by atoms with van der Waals surface area (Å²) in [7, 11) is 0. The quantitative estimate of drug-likeness (QED) is 0.0888. The van der Waals surface area contributed by atoms with Crippen molar-refractivity contribution in [3.05, 3.63) is 48.1 Å². The van der Waals surface area contributed by atoms with E-state index >= 15 is 0 Å². The Bertz CT molecular complexity index is 1350. The zero-order valence-electron chi connectivity index (χ0n) is 27.7. The van der Waals surface area contributed by atoms with Crippen LogP contribution in [0.15, 0.2) is 48.1 Å². The molecule has 0 aromatic rings. The Hall–Kier alpha value is -2.18. The number of allylic oxidation sites excluding steroid dienone is 3. The first-order chi connectivity index (χ1) is 21.8. The maximum atomic E-state index is 13.7. The lowest BCUT2D eigenvalue weighted by molar-refractivity contribution is -0.407. The predicted octanol–water partition coefficient (Wildman–Crippen LogP) is 3.97. The Morgan fingerprint density at radius 3 is 2.41 bits per heavy atom. The van der Waals surface area contributed by atoms with Gasteiger partial charge in [-0.2, -0.15) is 0 Å². The van der Waals surface area contributed by atoms with Gasteiger partial charge in [0.25, 0.3) is 0 Å². The highest BCUT2D eigenvalue weighted by Gasteiger charge is 2.90. The molecule has 3 aliphatic carbocycles. The molecular formula is C36H50O10. The standard InChI is InChI=1S/C36H50O10/c1-7-8-9-10-11-12-13-14-15-16-17-18-33-44-30-26-29-32(20-37,43-29)31(40)34(41)25(19-22(4)27(34)39)36(26,46-33)23(5)28(42-24(6)38)35(30,45-33)21(2)3/h15-19,23,25-26,28-31,37,40-41H,2,7-14,20H2,1,3-6H3/b16-15+,18-17+/t23-,25-,26+,28-,29+,30-,31-,32+,33-,34-,35+,36+/m1/s1. The monoisotopic (exact) mass is 642 g/mol. The molecule has 5 fully saturated rings. The van der Waals surface area contributed by atoms with Gasteiger partial charge in [-0.3, -0.25) is 9.59 Å². The number of aliphatic hydroxyl groups excluding tert-OH is 2. The third-order valence-electron chi connectivity index (χ3n) is 11.6. The average Bonchev–Trinajstić information content (AvgIpc) is 3.64. The van der Waals surface area contributed by atoms with E-state index in [0.717, 1.165) is 12.8 Å². The minimum Gasteiger partial charge on any atom is -0.459 e. The lowest BCUT2D eigenvalue weighted by Crippen LogP contribution is -2.76. The van der Waals surface area contributed by atoms with E-state index in [0.29, 0.717) is 5.57 Å². The fourth-order valence-electron chi connectivity index (χ4n) is 9.37. The second kappa shape index (κ2) is 11.8. The molecule has 3 aliphatic heterocycles. The molecular weight excluding hydrogens is 592 g/mol. The summed E-state index contributed by atoms with van der Waals surface area (Å²) in [5.41, 5.74) is -6.13. The molecule has 0 unspecified atom stereocenters. The lowest BCUT2D eigenvalue weighted by atomic mass is 9.53. The summed E-state index contributed by atoms with van der Waals surface area (Å²) in [5, 5.41) is 34.6. The molecule has 254 valence electrons. The number of rotatable bonds is 13. The fraction of sp³-hybridized carbons (Fsp3) is 0.722. The molecule has 10 nitrogen and oxygen atoms in total. The van der Waals surface area contributed by atoms with E-state index < -0.39 is 88.9 Å². The van der Waals surface area contributed by atoms with E-state index in [1.54, 1.807) is 32.1 Å². The number of epoxide rings is 1. The molecule has 3 heterocycles. The van der Waals surface area contributed by atoms with Crippen LogP contribution in [0.25, 0.3) is 0 Å². The molecule has 12 atom stereocenters. The number of ketones is 1. The topological polar surface area (TPSA) is 144 Å². The van der Waals surface area contributed by atoms with Crippen LogP contribution in [0.4, 0.5) is 0 Å². The highest BCUT2D eigenvalue weighted by atomic mass is 16.9. The highest BCUT2D eigenvalue weighted by molar-refractivity contribution is 6.05. The van der Waals surface area contributed by atoms with Crippen molar-refractivity contribution in [2.24, 2.45) is 17.8 Å². The number of carbonyl (C=O) groups is 2. The number of ether oxygens (including phenoxy) is 5. The molecule has 0 radical (unpaired) electrons. The zero-order chi connectivity index (χ0) is 33.3. The van der Waals surface area contributed by atoms with Gasteiger partial charge in [0.05, 0.1) is 12.2 Å². The Labute approximate surface area is 271 Å². The van der Waals surface area contributed by atoms with E-state index in [2.05, 4.69) is 19.6 Å². The van der Waals surface area contributed by atoms with Crippen molar-refractivity contribution in [1.82, 2.24) is 0 Å². The van der Waals surface area contributed by atoms with Crippen LogP contribution in [0, 0.1) is 17.8 Å². The van der Waals surface area contributed by atoms with Gasteiger partial charge in [0.1, 0.15) is 30.0 Å². The summed E-state index contributed by atoms with van der Waals surface area (Å²) in [6, 6.07) is 0. The zero-order valence-corrected chi connectivity index (χ0v) is 27.7. The van der Waals surface area contributed by atoms with Gasteiger partial charge in [0, 0.05) is 30.8 Å². The second-order valence-electron chi connectivity index (χ2n) is 14.4. The van der Waals surface area contributed by atoms with Crippen LogP contribution in [0.5, 0.6) is 0 Å². The van der Waals surface area contributed by atoms with Crippen molar-refractivity contribution in [2.45, 2.75) is 139 Å². The summed E-state index contributed by atoms with van der Waals surface area (Å²) in [5.74, 6) is -5.58. The van der Waals surface area contributed by atoms with Crippen LogP contribution in [-0.4, -0.2) is 86.5 Å². The van der Waals surface area contributed by atoms with Crippen molar-refractivity contribution >= 4 is 11.8 Å². The van der Waals surface area contributed by atoms with Crippen LogP contribution >= 0.6 is 0 Å². The highest BCUT2D eigenvalue weighted by Crippen LogP contribution is 2.73. The number of esters is 1. The van der Waals surface area contributed by atoms with Crippen LogP contribution < -0.4 is 0 Å². The third-order valence-corrected chi connectivity index (χ3v) is 11.6. The Kier molecular flexibility index (Phi) is 8.61. The first kappa shape index (κ1) is 33.7. The van der Waals surface area contributed by atoms with E-state index in [1.807, 2.05) is 13.0 Å². The first-order valence-electron chi connectivity index (χ1n) is 17.0. The number of carbonyl (C=O) groups excluding carboxylic acids is 2. The van der Waals surface area contributed by atoms with Gasteiger partial charge in [-0.25, -0.2) is 0 Å². The summed E-state index contributed by atoms with van der Waals surface area (Å²) >= 11 is 0. The Balaban J connectivity index is 1.39. The van der Waals surface area contributed by atoms with Crippen molar-refractivity contribution in [2.75, 3.05) is 6.61 Å². The van der Waals surface area contributed by atoms with Gasteiger partial charge in [0.15, 0.2) is 17.0 Å². The van der Waals surface area contributed by atoms with Crippen molar-refractivity contribution in [1.29, 1.82) is 0 Å². The molecule has 0 aromatic carbocycles. The molecule has 3 saturated heterocycles. The second-order valence-corrected chi connectivity index (χ2v) is 14.4. The Morgan fingerprint density at radius 1 is 1.07 bits per heavy atom. The van der Waals surface area contributed by atoms with Crippen LogP contribution in [-0.2, 0) is 33.3 Å². The Morgan fingerprint density at radius 2 is 1.76 bits per heavy atom. The van der Waals surface area contributed by atoms with Gasteiger partial charge in [0.2, 0.25) is 0 Å². The summed E-state index contributed by atoms with van der Waals surface area (Å²) < 4.78 is 32.6. The molecule has 0 amide bonds. The largest absolute Gasteiger partial charge is 0.459 e. The first-order valence-corrected chi connectivity index (χ1v) is 17.0. The lowest BCUT2D eigenvalue weighted by Gasteiger charge is -2.61. The summed E-state index contributed by atoms with van der Waals surface area (Å²) in [6.07, 6.45) is 14.1. The molecule has 6 rings (SSSR count). The van der Waals surface area contributed by atoms with Crippen LogP contribution in [0.1, 0.15) is 86.0 Å². The normalized spacial score (nSPS) is 46.7. The number of unbranched alkanes of at least 4 members (excludes halogenated alkanes) is 7. The van der Waals surface area contributed by atoms with Crippen molar-refractivity contribution in [3.8, 4) is 0 Å². The van der Waals surface area contributed by atoms with E-state index in [9.17, 15) is 24.9 Å². The molecule has 2 saturated carbocycles. The van der Waals surface area contributed by atoms with Gasteiger partial charge >= 0.3 is 11.9 Å². The number of aliphatic hydroxyl groups is 3. The fourth-order valence-corrected chi connectivity index (χ4v) is 9.37. The minimum absolute atomic E-state index is 0.251. The van der Waals surface area contributed by atoms with Crippen molar-refractivity contribution < 1.29 is 48.6 Å². The number of hydrogen-bond donors (Lipinski definition) is 3. The molecule has 0 spiro atoms. The minimum atomic E-state index is -2.38. The molecule has 46 heavy (non-hydrogen) atoms. The van der Waals surface area contributed by atoms with E-state index in [-0.39, 0.29) is 5.57 Å².